The van der Waals surface area contributed by atoms with Crippen LogP contribution in [-0.2, 0) is 26.2 Å². The van der Waals surface area contributed by atoms with Crippen LogP contribution in [0.25, 0.3) is 0 Å². The topological polar surface area (TPSA) is 67.9 Å². The molecule has 1 heterocycles. The smallest absolute Gasteiger partial charge is 0.262 e. The van der Waals surface area contributed by atoms with Crippen molar-refractivity contribution in [3.05, 3.63) is 53.6 Å². The molecular formula is C23H28N2O4. The number of carbonyl (C=O) groups is 2. The normalized spacial score (nSPS) is 13.2. The summed E-state index contributed by atoms with van der Waals surface area (Å²) in [6, 6.07) is 13.4. The van der Waals surface area contributed by atoms with Gasteiger partial charge in [-0.3, -0.25) is 9.59 Å². The summed E-state index contributed by atoms with van der Waals surface area (Å²) < 4.78 is 10.5. The minimum atomic E-state index is -0.227. The number of nitrogens with one attached hydrogen (secondary N) is 1. The zero-order chi connectivity index (χ0) is 21.0. The molecular weight excluding hydrogens is 368 g/mol. The summed E-state index contributed by atoms with van der Waals surface area (Å²) in [6.07, 6.45) is 0.755. The molecule has 2 amide bonds. The number of benzene rings is 2. The number of nitrogens with zero attached hydrogens (tertiary/aromatic N) is 1. The number of anilines is 2. The Morgan fingerprint density at radius 2 is 1.79 bits per heavy atom. The van der Waals surface area contributed by atoms with E-state index in [0.717, 1.165) is 17.7 Å². The highest BCUT2D eigenvalue weighted by molar-refractivity contribution is 5.97. The predicted octanol–water partition coefficient (Wildman–Crippen LogP) is 3.54. The molecule has 3 rings (SSSR count). The Labute approximate surface area is 171 Å². The third-order valence-corrected chi connectivity index (χ3v) is 4.92. The molecule has 2 aromatic carbocycles. The number of fused-ring (bicyclic) bond motifs is 1. The second kappa shape index (κ2) is 8.66. The zero-order valence-corrected chi connectivity index (χ0v) is 17.5. The number of methoxy groups -OCH3 is 1. The zero-order valence-electron chi connectivity index (χ0n) is 17.5. The van der Waals surface area contributed by atoms with Crippen LogP contribution in [0.15, 0.2) is 42.5 Å². The first-order valence-electron chi connectivity index (χ1n) is 9.73. The number of amides is 2. The molecule has 0 fully saturated rings. The van der Waals surface area contributed by atoms with Gasteiger partial charge in [0.15, 0.2) is 6.61 Å². The average Bonchev–Trinajstić information content (AvgIpc) is 3.09. The molecule has 0 atom stereocenters. The molecule has 0 spiro atoms. The third-order valence-electron chi connectivity index (χ3n) is 4.92. The maximum atomic E-state index is 12.3. The fourth-order valence-corrected chi connectivity index (χ4v) is 3.34. The highest BCUT2D eigenvalue weighted by Crippen LogP contribution is 2.30. The quantitative estimate of drug-likeness (QED) is 0.811. The highest BCUT2D eigenvalue weighted by Gasteiger charge is 2.24. The molecule has 0 unspecified atom stereocenters. The van der Waals surface area contributed by atoms with E-state index in [4.69, 9.17) is 9.47 Å². The third kappa shape index (κ3) is 5.15. The maximum Gasteiger partial charge on any atom is 0.262 e. The molecule has 29 heavy (non-hydrogen) atoms. The largest absolute Gasteiger partial charge is 0.484 e. The molecule has 0 aromatic heterocycles. The van der Waals surface area contributed by atoms with E-state index in [9.17, 15) is 9.59 Å². The minimum Gasteiger partial charge on any atom is -0.484 e. The number of rotatable bonds is 6. The summed E-state index contributed by atoms with van der Waals surface area (Å²) in [5.74, 6) is 0.374. The van der Waals surface area contributed by atoms with E-state index in [1.54, 1.807) is 11.0 Å². The van der Waals surface area contributed by atoms with Gasteiger partial charge in [-0.2, -0.15) is 0 Å². The van der Waals surface area contributed by atoms with Crippen molar-refractivity contribution >= 4 is 23.2 Å². The Morgan fingerprint density at radius 1 is 1.07 bits per heavy atom. The second-order valence-corrected chi connectivity index (χ2v) is 8.18. The number of carbonyl (C=O) groups excluding carboxylic acids is 2. The van der Waals surface area contributed by atoms with Crippen LogP contribution in [0.1, 0.15) is 31.9 Å². The van der Waals surface area contributed by atoms with E-state index in [2.05, 4.69) is 26.1 Å². The molecule has 6 heteroatoms. The monoisotopic (exact) mass is 396 g/mol. The van der Waals surface area contributed by atoms with Crippen molar-refractivity contribution in [2.24, 2.45) is 0 Å². The molecule has 0 radical (unpaired) electrons. The van der Waals surface area contributed by atoms with E-state index in [1.807, 2.05) is 36.4 Å². The van der Waals surface area contributed by atoms with Gasteiger partial charge in [-0.1, -0.05) is 32.9 Å². The van der Waals surface area contributed by atoms with Crippen LogP contribution in [0, 0.1) is 0 Å². The molecule has 0 bridgehead atoms. The SMILES string of the molecule is COCC(=O)N1CCc2cc(NC(=O)COc3ccc(C(C)(C)C)cc3)ccc21. The molecule has 6 nitrogen and oxygen atoms in total. The van der Waals surface area contributed by atoms with Crippen molar-refractivity contribution in [3.8, 4) is 5.75 Å². The van der Waals surface area contributed by atoms with Gasteiger partial charge in [0.1, 0.15) is 12.4 Å². The van der Waals surface area contributed by atoms with Gasteiger partial charge in [-0.25, -0.2) is 0 Å². The standard InChI is InChI=1S/C23H28N2O4/c1-23(2,3)17-5-8-19(9-6-17)29-14-21(26)24-18-7-10-20-16(13-18)11-12-25(20)22(27)15-28-4/h5-10,13H,11-12,14-15H2,1-4H3,(H,24,26). The Balaban J connectivity index is 1.56. The van der Waals surface area contributed by atoms with E-state index >= 15 is 0 Å². The molecule has 1 aliphatic heterocycles. The lowest BCUT2D eigenvalue weighted by Crippen LogP contribution is -2.31. The van der Waals surface area contributed by atoms with E-state index < -0.39 is 0 Å². The van der Waals surface area contributed by atoms with Gasteiger partial charge in [-0.15, -0.1) is 0 Å². The number of hydrogen-bond donors (Lipinski definition) is 1. The summed E-state index contributed by atoms with van der Waals surface area (Å²) >= 11 is 0. The van der Waals surface area contributed by atoms with Crippen LogP contribution in [0.3, 0.4) is 0 Å². The van der Waals surface area contributed by atoms with Gasteiger partial charge in [0, 0.05) is 25.0 Å². The predicted molar refractivity (Wildman–Crippen MR) is 114 cm³/mol. The average molecular weight is 396 g/mol. The first kappa shape index (κ1) is 20.9. The Kier molecular flexibility index (Phi) is 6.23. The number of hydrogen-bond acceptors (Lipinski definition) is 4. The van der Waals surface area contributed by atoms with Crippen molar-refractivity contribution in [2.45, 2.75) is 32.6 Å². The molecule has 0 saturated heterocycles. The van der Waals surface area contributed by atoms with Gasteiger partial charge in [0.2, 0.25) is 0 Å². The van der Waals surface area contributed by atoms with Crippen LogP contribution < -0.4 is 15.0 Å². The van der Waals surface area contributed by atoms with Crippen molar-refractivity contribution in [1.29, 1.82) is 0 Å². The van der Waals surface area contributed by atoms with Gasteiger partial charge < -0.3 is 19.7 Å². The molecule has 2 aromatic rings. The van der Waals surface area contributed by atoms with E-state index in [1.165, 1.54) is 12.7 Å². The molecule has 0 aliphatic carbocycles. The van der Waals surface area contributed by atoms with Crippen molar-refractivity contribution in [1.82, 2.24) is 0 Å². The van der Waals surface area contributed by atoms with Gasteiger partial charge >= 0.3 is 0 Å². The lowest BCUT2D eigenvalue weighted by atomic mass is 9.87. The van der Waals surface area contributed by atoms with Crippen LogP contribution in [0.2, 0.25) is 0 Å². The van der Waals surface area contributed by atoms with Gasteiger partial charge in [-0.05, 0) is 53.3 Å². The van der Waals surface area contributed by atoms with Crippen LogP contribution in [-0.4, -0.2) is 38.7 Å². The van der Waals surface area contributed by atoms with Gasteiger partial charge in [0.25, 0.3) is 11.8 Å². The molecule has 1 N–H and O–H groups in total. The van der Waals surface area contributed by atoms with Gasteiger partial charge in [0.05, 0.1) is 0 Å². The summed E-state index contributed by atoms with van der Waals surface area (Å²) in [6.45, 7) is 7.08. The lowest BCUT2D eigenvalue weighted by molar-refractivity contribution is -0.122. The lowest BCUT2D eigenvalue weighted by Gasteiger charge is -2.19. The number of ether oxygens (including phenoxy) is 2. The fourth-order valence-electron chi connectivity index (χ4n) is 3.34. The minimum absolute atomic E-state index is 0.0612. The first-order chi connectivity index (χ1) is 13.8. The highest BCUT2D eigenvalue weighted by atomic mass is 16.5. The summed E-state index contributed by atoms with van der Waals surface area (Å²) in [7, 11) is 1.51. The second-order valence-electron chi connectivity index (χ2n) is 8.18. The van der Waals surface area contributed by atoms with Crippen molar-refractivity contribution in [3.63, 3.8) is 0 Å². The molecule has 1 aliphatic rings. The summed E-state index contributed by atoms with van der Waals surface area (Å²) in [5, 5.41) is 2.85. The summed E-state index contributed by atoms with van der Waals surface area (Å²) in [5.41, 5.74) is 3.89. The fraction of sp³-hybridized carbons (Fsp3) is 0.391. The Hall–Kier alpha value is -2.86. The van der Waals surface area contributed by atoms with E-state index in [0.29, 0.717) is 18.0 Å². The van der Waals surface area contributed by atoms with Crippen LogP contribution >= 0.6 is 0 Å². The molecule has 0 saturated carbocycles. The molecule has 154 valence electrons. The summed E-state index contributed by atoms with van der Waals surface area (Å²) in [4.78, 5) is 26.1. The first-order valence-corrected chi connectivity index (χ1v) is 9.73. The van der Waals surface area contributed by atoms with E-state index in [-0.39, 0.29) is 30.4 Å². The van der Waals surface area contributed by atoms with Crippen molar-refractivity contribution in [2.75, 3.05) is 37.1 Å². The van der Waals surface area contributed by atoms with Crippen LogP contribution in [0.4, 0.5) is 11.4 Å². The van der Waals surface area contributed by atoms with Crippen molar-refractivity contribution < 1.29 is 19.1 Å². The maximum absolute atomic E-state index is 12.3. The Bertz CT molecular complexity index is 885. The Morgan fingerprint density at radius 3 is 2.45 bits per heavy atom. The van der Waals surface area contributed by atoms with Crippen LogP contribution in [0.5, 0.6) is 5.75 Å².